The number of carbonyl (C=O) groups is 2. The standard InChI is InChI=1S/C22H21N3O3/c1-28-20-11-4-16(5-12-20)6-13-21(26)24-18-7-9-19(10-8-18)25-22(27)17-3-2-14-23-15-17/h2-5,7-12,14-15H,6,13H2,1H3,(H,24,26)(H,25,27). The zero-order chi connectivity index (χ0) is 19.8. The van der Waals surface area contributed by atoms with Gasteiger partial charge in [-0.05, 0) is 60.5 Å². The van der Waals surface area contributed by atoms with Crippen LogP contribution in [0, 0.1) is 0 Å². The van der Waals surface area contributed by atoms with E-state index in [2.05, 4.69) is 15.6 Å². The number of rotatable bonds is 7. The zero-order valence-corrected chi connectivity index (χ0v) is 15.5. The van der Waals surface area contributed by atoms with Gasteiger partial charge in [-0.2, -0.15) is 0 Å². The Labute approximate surface area is 163 Å². The summed E-state index contributed by atoms with van der Waals surface area (Å²) in [5, 5.41) is 5.65. The van der Waals surface area contributed by atoms with Gasteiger partial charge in [0.05, 0.1) is 12.7 Å². The predicted molar refractivity (Wildman–Crippen MR) is 109 cm³/mol. The van der Waals surface area contributed by atoms with E-state index in [-0.39, 0.29) is 11.8 Å². The van der Waals surface area contributed by atoms with Gasteiger partial charge in [0.1, 0.15) is 5.75 Å². The van der Waals surface area contributed by atoms with Crippen molar-refractivity contribution in [2.45, 2.75) is 12.8 Å². The van der Waals surface area contributed by atoms with Gasteiger partial charge in [0.25, 0.3) is 5.91 Å². The molecule has 0 radical (unpaired) electrons. The number of ether oxygens (including phenoxy) is 1. The molecule has 0 aliphatic carbocycles. The van der Waals surface area contributed by atoms with E-state index >= 15 is 0 Å². The number of benzene rings is 2. The molecule has 0 fully saturated rings. The van der Waals surface area contributed by atoms with Crippen molar-refractivity contribution in [3.63, 3.8) is 0 Å². The highest BCUT2D eigenvalue weighted by molar-refractivity contribution is 6.04. The molecule has 0 unspecified atom stereocenters. The van der Waals surface area contributed by atoms with E-state index in [1.807, 2.05) is 24.3 Å². The number of pyridine rings is 1. The lowest BCUT2D eigenvalue weighted by Gasteiger charge is -2.08. The van der Waals surface area contributed by atoms with E-state index in [9.17, 15) is 9.59 Å². The van der Waals surface area contributed by atoms with Crippen molar-refractivity contribution in [3.8, 4) is 5.75 Å². The first-order valence-corrected chi connectivity index (χ1v) is 8.88. The minimum atomic E-state index is -0.232. The number of methoxy groups -OCH3 is 1. The Balaban J connectivity index is 1.49. The molecule has 142 valence electrons. The van der Waals surface area contributed by atoms with Crippen molar-refractivity contribution in [3.05, 3.63) is 84.2 Å². The van der Waals surface area contributed by atoms with Crippen molar-refractivity contribution in [2.75, 3.05) is 17.7 Å². The monoisotopic (exact) mass is 375 g/mol. The average Bonchev–Trinajstić information content (AvgIpc) is 2.74. The van der Waals surface area contributed by atoms with Crippen molar-refractivity contribution in [1.29, 1.82) is 0 Å². The van der Waals surface area contributed by atoms with Crippen LogP contribution < -0.4 is 15.4 Å². The molecule has 1 aromatic heterocycles. The van der Waals surface area contributed by atoms with E-state index in [1.165, 1.54) is 6.20 Å². The molecule has 2 N–H and O–H groups in total. The lowest BCUT2D eigenvalue weighted by molar-refractivity contribution is -0.116. The van der Waals surface area contributed by atoms with Crippen LogP contribution in [0.4, 0.5) is 11.4 Å². The minimum absolute atomic E-state index is 0.0667. The van der Waals surface area contributed by atoms with Crippen LogP contribution in [-0.4, -0.2) is 23.9 Å². The first kappa shape index (κ1) is 19.1. The first-order valence-electron chi connectivity index (χ1n) is 8.88. The Hall–Kier alpha value is -3.67. The Morgan fingerprint density at radius 2 is 1.61 bits per heavy atom. The Bertz CT molecular complexity index is 924. The zero-order valence-electron chi connectivity index (χ0n) is 15.5. The molecule has 0 aliphatic rings. The number of aryl methyl sites for hydroxylation is 1. The number of nitrogens with one attached hydrogen (secondary N) is 2. The molecule has 6 heteroatoms. The SMILES string of the molecule is COc1ccc(CCC(=O)Nc2ccc(NC(=O)c3cccnc3)cc2)cc1. The summed E-state index contributed by atoms with van der Waals surface area (Å²) < 4.78 is 5.12. The van der Waals surface area contributed by atoms with E-state index in [0.717, 1.165) is 11.3 Å². The lowest BCUT2D eigenvalue weighted by atomic mass is 10.1. The number of hydrogen-bond donors (Lipinski definition) is 2. The van der Waals surface area contributed by atoms with Gasteiger partial charge in [-0.15, -0.1) is 0 Å². The highest BCUT2D eigenvalue weighted by Crippen LogP contribution is 2.16. The number of anilines is 2. The highest BCUT2D eigenvalue weighted by atomic mass is 16.5. The summed E-state index contributed by atoms with van der Waals surface area (Å²) in [5.41, 5.74) is 2.88. The molecule has 2 aromatic carbocycles. The molecule has 0 bridgehead atoms. The number of amides is 2. The van der Waals surface area contributed by atoms with Crippen LogP contribution in [0.3, 0.4) is 0 Å². The molecule has 3 rings (SSSR count). The summed E-state index contributed by atoms with van der Waals surface area (Å²) in [6, 6.07) is 18.1. The number of hydrogen-bond acceptors (Lipinski definition) is 4. The molecule has 2 amide bonds. The summed E-state index contributed by atoms with van der Waals surface area (Å²) in [5.74, 6) is 0.497. The fourth-order valence-corrected chi connectivity index (χ4v) is 2.61. The fourth-order valence-electron chi connectivity index (χ4n) is 2.61. The maximum Gasteiger partial charge on any atom is 0.257 e. The van der Waals surface area contributed by atoms with Gasteiger partial charge in [0, 0.05) is 30.2 Å². The van der Waals surface area contributed by atoms with Crippen molar-refractivity contribution in [2.24, 2.45) is 0 Å². The van der Waals surface area contributed by atoms with Gasteiger partial charge in [-0.25, -0.2) is 0 Å². The average molecular weight is 375 g/mol. The summed E-state index contributed by atoms with van der Waals surface area (Å²) in [6.45, 7) is 0. The molecule has 3 aromatic rings. The molecule has 0 saturated heterocycles. The molecular formula is C22H21N3O3. The molecule has 28 heavy (non-hydrogen) atoms. The van der Waals surface area contributed by atoms with Crippen LogP contribution in [-0.2, 0) is 11.2 Å². The van der Waals surface area contributed by atoms with Crippen LogP contribution in [0.5, 0.6) is 5.75 Å². The van der Waals surface area contributed by atoms with Crippen molar-refractivity contribution < 1.29 is 14.3 Å². The molecule has 6 nitrogen and oxygen atoms in total. The minimum Gasteiger partial charge on any atom is -0.497 e. The van der Waals surface area contributed by atoms with Crippen LogP contribution in [0.1, 0.15) is 22.3 Å². The van der Waals surface area contributed by atoms with Gasteiger partial charge in [0.15, 0.2) is 0 Å². The highest BCUT2D eigenvalue weighted by Gasteiger charge is 2.07. The summed E-state index contributed by atoms with van der Waals surface area (Å²) >= 11 is 0. The smallest absolute Gasteiger partial charge is 0.257 e. The van der Waals surface area contributed by atoms with Gasteiger partial charge < -0.3 is 15.4 Å². The lowest BCUT2D eigenvalue weighted by Crippen LogP contribution is -2.13. The third-order valence-corrected chi connectivity index (χ3v) is 4.15. The normalized spacial score (nSPS) is 10.2. The first-order chi connectivity index (χ1) is 13.6. The van der Waals surface area contributed by atoms with Gasteiger partial charge >= 0.3 is 0 Å². The summed E-state index contributed by atoms with van der Waals surface area (Å²) in [6.07, 6.45) is 4.15. The third kappa shape index (κ3) is 5.41. The van der Waals surface area contributed by atoms with Crippen molar-refractivity contribution in [1.82, 2.24) is 4.98 Å². The maximum atomic E-state index is 12.1. The number of carbonyl (C=O) groups excluding carboxylic acids is 2. The van der Waals surface area contributed by atoms with Crippen LogP contribution >= 0.6 is 0 Å². The molecular weight excluding hydrogens is 354 g/mol. The molecule has 1 heterocycles. The van der Waals surface area contributed by atoms with E-state index < -0.39 is 0 Å². The fraction of sp³-hybridized carbons (Fsp3) is 0.136. The maximum absolute atomic E-state index is 12.1. The van der Waals surface area contributed by atoms with Crippen molar-refractivity contribution >= 4 is 23.2 Å². The molecule has 0 aliphatic heterocycles. The second kappa shape index (κ2) is 9.32. The van der Waals surface area contributed by atoms with E-state index in [1.54, 1.807) is 49.7 Å². The molecule has 0 spiro atoms. The topological polar surface area (TPSA) is 80.3 Å². The van der Waals surface area contributed by atoms with Crippen LogP contribution in [0.15, 0.2) is 73.1 Å². The Morgan fingerprint density at radius 3 is 2.21 bits per heavy atom. The third-order valence-electron chi connectivity index (χ3n) is 4.15. The summed E-state index contributed by atoms with van der Waals surface area (Å²) in [4.78, 5) is 28.2. The largest absolute Gasteiger partial charge is 0.497 e. The van der Waals surface area contributed by atoms with Gasteiger partial charge in [-0.3, -0.25) is 14.6 Å². The second-order valence-electron chi connectivity index (χ2n) is 6.17. The molecule has 0 atom stereocenters. The predicted octanol–water partition coefficient (Wildman–Crippen LogP) is 3.91. The van der Waals surface area contributed by atoms with E-state index in [4.69, 9.17) is 4.74 Å². The summed E-state index contributed by atoms with van der Waals surface area (Å²) in [7, 11) is 1.62. The van der Waals surface area contributed by atoms with Crippen LogP contribution in [0.25, 0.3) is 0 Å². The van der Waals surface area contributed by atoms with Gasteiger partial charge in [-0.1, -0.05) is 12.1 Å². The Kier molecular flexibility index (Phi) is 6.36. The van der Waals surface area contributed by atoms with Crippen LogP contribution in [0.2, 0.25) is 0 Å². The second-order valence-corrected chi connectivity index (χ2v) is 6.17. The molecule has 0 saturated carbocycles. The number of aromatic nitrogens is 1. The number of nitrogens with zero attached hydrogens (tertiary/aromatic N) is 1. The van der Waals surface area contributed by atoms with Gasteiger partial charge in [0.2, 0.25) is 5.91 Å². The van der Waals surface area contributed by atoms with E-state index in [0.29, 0.717) is 29.8 Å². The quantitative estimate of drug-likeness (QED) is 0.656. The Morgan fingerprint density at radius 1 is 0.929 bits per heavy atom.